The Morgan fingerprint density at radius 1 is 1.03 bits per heavy atom. The summed E-state index contributed by atoms with van der Waals surface area (Å²) in [6.45, 7) is 3.85. The minimum absolute atomic E-state index is 0.0444. The first-order valence-electron chi connectivity index (χ1n) is 11.1. The van der Waals surface area contributed by atoms with Gasteiger partial charge in [-0.25, -0.2) is 0 Å². The molecule has 1 aromatic carbocycles. The molecule has 30 heavy (non-hydrogen) atoms. The fraction of sp³-hybridized carbons (Fsp3) is 0.500. The van der Waals surface area contributed by atoms with Gasteiger partial charge in [0.05, 0.1) is 24.6 Å². The third-order valence-electron chi connectivity index (χ3n) is 6.27. The number of rotatable bonds is 7. The van der Waals surface area contributed by atoms with Gasteiger partial charge in [-0.3, -0.25) is 14.5 Å². The highest BCUT2D eigenvalue weighted by Gasteiger charge is 2.30. The van der Waals surface area contributed by atoms with Crippen LogP contribution < -0.4 is 5.32 Å². The van der Waals surface area contributed by atoms with Crippen molar-refractivity contribution >= 4 is 11.8 Å². The van der Waals surface area contributed by atoms with E-state index in [1.165, 1.54) is 12.8 Å². The van der Waals surface area contributed by atoms with E-state index < -0.39 is 0 Å². The van der Waals surface area contributed by atoms with Gasteiger partial charge in [0.25, 0.3) is 0 Å². The number of nitrogens with zero attached hydrogens (tertiary/aromatic N) is 2. The van der Waals surface area contributed by atoms with Gasteiger partial charge in [-0.05, 0) is 56.5 Å². The lowest BCUT2D eigenvalue weighted by Crippen LogP contribution is -2.47. The molecular formula is C24H31N3O3. The summed E-state index contributed by atoms with van der Waals surface area (Å²) in [6, 6.07) is 13.8. The zero-order valence-corrected chi connectivity index (χ0v) is 17.5. The quantitative estimate of drug-likeness (QED) is 0.763. The average Bonchev–Trinajstić information content (AvgIpc) is 3.50. The van der Waals surface area contributed by atoms with Crippen molar-refractivity contribution in [1.29, 1.82) is 0 Å². The van der Waals surface area contributed by atoms with E-state index in [9.17, 15) is 9.59 Å². The molecule has 0 aliphatic carbocycles. The number of piperidine rings is 1. The van der Waals surface area contributed by atoms with Gasteiger partial charge in [-0.15, -0.1) is 0 Å². The summed E-state index contributed by atoms with van der Waals surface area (Å²) >= 11 is 0. The van der Waals surface area contributed by atoms with Crippen LogP contribution >= 0.6 is 0 Å². The average molecular weight is 410 g/mol. The first-order valence-corrected chi connectivity index (χ1v) is 11.1. The number of furan rings is 1. The third kappa shape index (κ3) is 5.11. The minimum Gasteiger partial charge on any atom is -0.468 e. The Morgan fingerprint density at radius 3 is 2.57 bits per heavy atom. The lowest BCUT2D eigenvalue weighted by Gasteiger charge is -2.33. The van der Waals surface area contributed by atoms with E-state index in [4.69, 9.17) is 4.42 Å². The largest absolute Gasteiger partial charge is 0.468 e. The van der Waals surface area contributed by atoms with Gasteiger partial charge >= 0.3 is 0 Å². The van der Waals surface area contributed by atoms with Crippen molar-refractivity contribution in [2.24, 2.45) is 5.92 Å². The first kappa shape index (κ1) is 20.7. The number of amides is 2. The fourth-order valence-electron chi connectivity index (χ4n) is 4.59. The Labute approximate surface area is 178 Å². The maximum absolute atomic E-state index is 12.9. The van der Waals surface area contributed by atoms with Crippen LogP contribution in [-0.2, 0) is 16.0 Å². The van der Waals surface area contributed by atoms with Crippen molar-refractivity contribution < 1.29 is 14.0 Å². The highest BCUT2D eigenvalue weighted by molar-refractivity contribution is 5.82. The summed E-state index contributed by atoms with van der Waals surface area (Å²) in [7, 11) is 0. The molecule has 2 amide bonds. The van der Waals surface area contributed by atoms with Crippen molar-refractivity contribution in [3.05, 3.63) is 60.1 Å². The molecule has 0 radical (unpaired) electrons. The van der Waals surface area contributed by atoms with Gasteiger partial charge in [-0.2, -0.15) is 0 Å². The first-order chi connectivity index (χ1) is 14.7. The van der Waals surface area contributed by atoms with Crippen molar-refractivity contribution in [3.8, 4) is 0 Å². The number of nitrogens with one attached hydrogen (secondary N) is 1. The Balaban J connectivity index is 1.32. The van der Waals surface area contributed by atoms with E-state index in [1.54, 1.807) is 6.26 Å². The number of likely N-dealkylation sites (tertiary alicyclic amines) is 2. The van der Waals surface area contributed by atoms with Gasteiger partial charge in [0.15, 0.2) is 0 Å². The molecule has 2 atom stereocenters. The van der Waals surface area contributed by atoms with Gasteiger partial charge in [-0.1, -0.05) is 30.3 Å². The molecule has 2 aliphatic heterocycles. The predicted octanol–water partition coefficient (Wildman–Crippen LogP) is 3.01. The van der Waals surface area contributed by atoms with E-state index >= 15 is 0 Å². The zero-order valence-electron chi connectivity index (χ0n) is 17.5. The Bertz CT molecular complexity index is 815. The lowest BCUT2D eigenvalue weighted by molar-refractivity contribution is -0.135. The highest BCUT2D eigenvalue weighted by Crippen LogP contribution is 2.25. The molecule has 1 aromatic heterocycles. The molecule has 1 N–H and O–H groups in total. The number of benzene rings is 1. The molecule has 0 spiro atoms. The molecule has 0 saturated carbocycles. The summed E-state index contributed by atoms with van der Waals surface area (Å²) in [5.41, 5.74) is 1.01. The van der Waals surface area contributed by atoms with E-state index in [-0.39, 0.29) is 23.8 Å². The van der Waals surface area contributed by atoms with Crippen LogP contribution in [0.3, 0.4) is 0 Å². The van der Waals surface area contributed by atoms with E-state index in [0.29, 0.717) is 19.5 Å². The molecule has 4 rings (SSSR count). The fourth-order valence-corrected chi connectivity index (χ4v) is 4.59. The van der Waals surface area contributed by atoms with E-state index in [0.717, 1.165) is 43.8 Å². The molecule has 160 valence electrons. The molecule has 0 bridgehead atoms. The van der Waals surface area contributed by atoms with Crippen molar-refractivity contribution in [1.82, 2.24) is 15.1 Å². The molecule has 0 unspecified atom stereocenters. The Morgan fingerprint density at radius 2 is 1.83 bits per heavy atom. The summed E-state index contributed by atoms with van der Waals surface area (Å²) in [4.78, 5) is 29.9. The van der Waals surface area contributed by atoms with Crippen LogP contribution in [0.25, 0.3) is 0 Å². The molecule has 2 aliphatic rings. The van der Waals surface area contributed by atoms with Gasteiger partial charge in [0.2, 0.25) is 11.8 Å². The van der Waals surface area contributed by atoms with E-state index in [2.05, 4.69) is 10.2 Å². The predicted molar refractivity (Wildman–Crippen MR) is 115 cm³/mol. The van der Waals surface area contributed by atoms with Gasteiger partial charge in [0.1, 0.15) is 5.76 Å². The topological polar surface area (TPSA) is 65.8 Å². The second-order valence-corrected chi connectivity index (χ2v) is 8.36. The molecule has 2 fully saturated rings. The van der Waals surface area contributed by atoms with Crippen molar-refractivity contribution in [3.63, 3.8) is 0 Å². The normalized spacial score (nSPS) is 20.8. The van der Waals surface area contributed by atoms with Crippen LogP contribution in [0.2, 0.25) is 0 Å². The molecule has 6 nitrogen and oxygen atoms in total. The van der Waals surface area contributed by atoms with Crippen LogP contribution in [0.4, 0.5) is 0 Å². The van der Waals surface area contributed by atoms with Crippen LogP contribution in [0.15, 0.2) is 53.1 Å². The van der Waals surface area contributed by atoms with Crippen molar-refractivity contribution in [2.45, 2.75) is 38.1 Å². The Hall–Kier alpha value is -2.60. The third-order valence-corrected chi connectivity index (χ3v) is 6.27. The van der Waals surface area contributed by atoms with Crippen molar-refractivity contribution in [2.75, 3.05) is 32.7 Å². The lowest BCUT2D eigenvalue weighted by atomic mass is 9.96. The maximum atomic E-state index is 12.9. The molecule has 2 saturated heterocycles. The zero-order chi connectivity index (χ0) is 20.8. The second-order valence-electron chi connectivity index (χ2n) is 8.36. The number of carbonyl (C=O) groups is 2. The molecule has 6 heteroatoms. The maximum Gasteiger partial charge on any atom is 0.227 e. The van der Waals surface area contributed by atoms with Gasteiger partial charge < -0.3 is 14.6 Å². The SMILES string of the molecule is O=C(NC[C@H](c1ccco1)N1CCCC1)[C@@H]1CCCN(C(=O)Cc2ccccc2)C1. The van der Waals surface area contributed by atoms with Crippen LogP contribution in [0.5, 0.6) is 0 Å². The van der Waals surface area contributed by atoms with E-state index in [1.807, 2.05) is 47.4 Å². The standard InChI is InChI=1S/C24H31N3O3/c28-23(16-19-8-2-1-3-9-19)27-14-6-10-20(18-27)24(29)25-17-21(22-11-7-15-30-22)26-12-4-5-13-26/h1-3,7-9,11,15,20-21H,4-6,10,12-14,16-18H2,(H,25,29)/t20-,21-/m1/s1. The summed E-state index contributed by atoms with van der Waals surface area (Å²) in [5.74, 6) is 0.905. The van der Waals surface area contributed by atoms with Crippen LogP contribution in [0.1, 0.15) is 43.0 Å². The summed E-state index contributed by atoms with van der Waals surface area (Å²) in [5, 5.41) is 3.15. The van der Waals surface area contributed by atoms with Crippen LogP contribution in [-0.4, -0.2) is 54.3 Å². The highest BCUT2D eigenvalue weighted by atomic mass is 16.3. The summed E-state index contributed by atoms with van der Waals surface area (Å²) in [6.07, 6.45) is 6.16. The van der Waals surface area contributed by atoms with Gasteiger partial charge in [0, 0.05) is 19.6 Å². The Kier molecular flexibility index (Phi) is 6.84. The smallest absolute Gasteiger partial charge is 0.227 e. The minimum atomic E-state index is -0.144. The molecule has 2 aromatic rings. The molecular weight excluding hydrogens is 378 g/mol. The second kappa shape index (κ2) is 9.94. The number of hydrogen-bond acceptors (Lipinski definition) is 4. The number of hydrogen-bond donors (Lipinski definition) is 1. The molecule has 3 heterocycles. The summed E-state index contributed by atoms with van der Waals surface area (Å²) < 4.78 is 5.65. The monoisotopic (exact) mass is 409 g/mol. The van der Waals surface area contributed by atoms with Crippen LogP contribution in [0, 0.1) is 5.92 Å². The number of carbonyl (C=O) groups excluding carboxylic acids is 2.